The summed E-state index contributed by atoms with van der Waals surface area (Å²) in [6, 6.07) is 0. The van der Waals surface area contributed by atoms with Crippen LogP contribution in [0.15, 0.2) is 0 Å². The van der Waals surface area contributed by atoms with Crippen molar-refractivity contribution in [3.8, 4) is 0 Å². The largest absolute Gasteiger partial charge is 0.481 e. The number of carboxylic acids is 1. The first-order valence-corrected chi connectivity index (χ1v) is 5.67. The van der Waals surface area contributed by atoms with Crippen molar-refractivity contribution in [2.45, 2.75) is 38.2 Å². The molecule has 1 heterocycles. The molecule has 2 rings (SSSR count). The van der Waals surface area contributed by atoms with Crippen LogP contribution in [0, 0.1) is 11.3 Å². The lowest BCUT2D eigenvalue weighted by molar-refractivity contribution is -0.185. The summed E-state index contributed by atoms with van der Waals surface area (Å²) in [6.45, 7) is 2.98. The maximum atomic E-state index is 11.3. The smallest absolute Gasteiger partial charge is 0.315 e. The predicted octanol–water partition coefficient (Wildman–Crippen LogP) is 0.602. The van der Waals surface area contributed by atoms with Crippen molar-refractivity contribution in [1.29, 1.82) is 0 Å². The quantitative estimate of drug-likeness (QED) is 0.628. The molecular formula is C11H19NO3. The van der Waals surface area contributed by atoms with Crippen LogP contribution in [-0.4, -0.2) is 34.9 Å². The zero-order valence-corrected chi connectivity index (χ0v) is 9.12. The molecule has 0 aromatic carbocycles. The molecule has 2 aliphatic rings. The van der Waals surface area contributed by atoms with Crippen molar-refractivity contribution in [2.75, 3.05) is 13.1 Å². The normalized spacial score (nSPS) is 39.5. The van der Waals surface area contributed by atoms with Crippen molar-refractivity contribution in [2.24, 2.45) is 11.3 Å². The molecule has 0 spiro atoms. The van der Waals surface area contributed by atoms with E-state index in [2.05, 4.69) is 12.2 Å². The van der Waals surface area contributed by atoms with Gasteiger partial charge in [0.2, 0.25) is 0 Å². The SMILES string of the molecule is CC1CCC(O)(C2(C(=O)O)CNC2)CC1. The highest BCUT2D eigenvalue weighted by atomic mass is 16.4. The molecule has 4 heteroatoms. The van der Waals surface area contributed by atoms with Crippen LogP contribution < -0.4 is 5.32 Å². The number of aliphatic carboxylic acids is 1. The Morgan fingerprint density at radius 2 is 1.87 bits per heavy atom. The second kappa shape index (κ2) is 3.46. The van der Waals surface area contributed by atoms with Crippen LogP contribution >= 0.6 is 0 Å². The number of hydrogen-bond donors (Lipinski definition) is 3. The minimum Gasteiger partial charge on any atom is -0.481 e. The Hall–Kier alpha value is -0.610. The fraction of sp³-hybridized carbons (Fsp3) is 0.909. The van der Waals surface area contributed by atoms with E-state index in [-0.39, 0.29) is 0 Å². The molecule has 2 fully saturated rings. The number of hydrogen-bond acceptors (Lipinski definition) is 3. The van der Waals surface area contributed by atoms with Gasteiger partial charge in [-0.25, -0.2) is 0 Å². The molecule has 1 saturated carbocycles. The molecular weight excluding hydrogens is 194 g/mol. The van der Waals surface area contributed by atoms with Crippen LogP contribution in [0.4, 0.5) is 0 Å². The molecule has 0 radical (unpaired) electrons. The number of aliphatic hydroxyl groups is 1. The highest BCUT2D eigenvalue weighted by Crippen LogP contribution is 2.46. The molecule has 0 aromatic heterocycles. The van der Waals surface area contributed by atoms with E-state index in [1.165, 1.54) is 0 Å². The zero-order chi connectivity index (χ0) is 11.1. The summed E-state index contributed by atoms with van der Waals surface area (Å²) in [5.74, 6) is -0.234. The van der Waals surface area contributed by atoms with Gasteiger partial charge in [0, 0.05) is 13.1 Å². The Kier molecular flexibility index (Phi) is 2.51. The first-order valence-electron chi connectivity index (χ1n) is 5.67. The van der Waals surface area contributed by atoms with Gasteiger partial charge in [-0.15, -0.1) is 0 Å². The van der Waals surface area contributed by atoms with Gasteiger partial charge >= 0.3 is 5.97 Å². The van der Waals surface area contributed by atoms with Crippen molar-refractivity contribution in [3.63, 3.8) is 0 Å². The van der Waals surface area contributed by atoms with Crippen molar-refractivity contribution >= 4 is 5.97 Å². The van der Waals surface area contributed by atoms with Gasteiger partial charge in [0.1, 0.15) is 5.41 Å². The van der Waals surface area contributed by atoms with Crippen LogP contribution in [0.1, 0.15) is 32.6 Å². The van der Waals surface area contributed by atoms with E-state index in [0.29, 0.717) is 31.8 Å². The van der Waals surface area contributed by atoms with Gasteiger partial charge in [0.05, 0.1) is 5.60 Å². The molecule has 1 saturated heterocycles. The van der Waals surface area contributed by atoms with Gasteiger partial charge in [-0.3, -0.25) is 4.79 Å². The molecule has 4 nitrogen and oxygen atoms in total. The summed E-state index contributed by atoms with van der Waals surface area (Å²) in [6.07, 6.45) is 3.13. The van der Waals surface area contributed by atoms with E-state index in [0.717, 1.165) is 12.8 Å². The van der Waals surface area contributed by atoms with Gasteiger partial charge < -0.3 is 15.5 Å². The molecule has 0 bridgehead atoms. The lowest BCUT2D eigenvalue weighted by atomic mass is 9.60. The number of carbonyl (C=O) groups is 1. The predicted molar refractivity (Wildman–Crippen MR) is 55.5 cm³/mol. The molecule has 1 aliphatic carbocycles. The molecule has 86 valence electrons. The van der Waals surface area contributed by atoms with Gasteiger partial charge in [0.15, 0.2) is 0 Å². The van der Waals surface area contributed by atoms with Crippen molar-refractivity contribution < 1.29 is 15.0 Å². The second-order valence-electron chi connectivity index (χ2n) is 5.20. The highest BCUT2D eigenvalue weighted by molar-refractivity contribution is 5.78. The van der Waals surface area contributed by atoms with Crippen LogP contribution in [0.5, 0.6) is 0 Å². The number of rotatable bonds is 2. The lowest BCUT2D eigenvalue weighted by Crippen LogP contribution is -2.70. The van der Waals surface area contributed by atoms with E-state index >= 15 is 0 Å². The first-order chi connectivity index (χ1) is 7.00. The summed E-state index contributed by atoms with van der Waals surface area (Å²) >= 11 is 0. The fourth-order valence-electron chi connectivity index (χ4n) is 2.77. The molecule has 0 atom stereocenters. The monoisotopic (exact) mass is 213 g/mol. The van der Waals surface area contributed by atoms with Crippen molar-refractivity contribution in [3.05, 3.63) is 0 Å². The third-order valence-corrected chi connectivity index (χ3v) is 4.26. The summed E-state index contributed by atoms with van der Waals surface area (Å²) < 4.78 is 0. The van der Waals surface area contributed by atoms with E-state index in [1.54, 1.807) is 0 Å². The molecule has 0 amide bonds. The summed E-state index contributed by atoms with van der Waals surface area (Å²) in [5.41, 5.74) is -1.91. The standard InChI is InChI=1S/C11H19NO3/c1-8-2-4-11(15,5-3-8)10(9(13)14)6-12-7-10/h8,12,15H,2-7H2,1H3,(H,13,14). The Balaban J connectivity index is 2.17. The topological polar surface area (TPSA) is 69.6 Å². The Labute approximate surface area is 89.7 Å². The minimum absolute atomic E-state index is 0.410. The van der Waals surface area contributed by atoms with E-state index < -0.39 is 17.0 Å². The summed E-state index contributed by atoms with van der Waals surface area (Å²) in [5, 5.41) is 22.8. The molecule has 15 heavy (non-hydrogen) atoms. The zero-order valence-electron chi connectivity index (χ0n) is 9.12. The first kappa shape index (κ1) is 10.9. The molecule has 3 N–H and O–H groups in total. The van der Waals surface area contributed by atoms with E-state index in [9.17, 15) is 15.0 Å². The van der Waals surface area contributed by atoms with Crippen LogP contribution in [0.2, 0.25) is 0 Å². The van der Waals surface area contributed by atoms with E-state index in [1.807, 2.05) is 0 Å². The lowest BCUT2D eigenvalue weighted by Gasteiger charge is -2.52. The number of carboxylic acid groups (broad SMARTS) is 1. The van der Waals surface area contributed by atoms with Crippen molar-refractivity contribution in [1.82, 2.24) is 5.32 Å². The Bertz CT molecular complexity index is 265. The third-order valence-electron chi connectivity index (χ3n) is 4.26. The maximum Gasteiger partial charge on any atom is 0.315 e. The molecule has 0 aromatic rings. The highest BCUT2D eigenvalue weighted by Gasteiger charge is 2.60. The van der Waals surface area contributed by atoms with Crippen LogP contribution in [0.3, 0.4) is 0 Å². The van der Waals surface area contributed by atoms with Crippen LogP contribution in [-0.2, 0) is 4.79 Å². The van der Waals surface area contributed by atoms with E-state index in [4.69, 9.17) is 0 Å². The second-order valence-corrected chi connectivity index (χ2v) is 5.20. The Morgan fingerprint density at radius 1 is 1.33 bits per heavy atom. The molecule has 0 unspecified atom stereocenters. The number of nitrogens with one attached hydrogen (secondary N) is 1. The Morgan fingerprint density at radius 3 is 2.20 bits per heavy atom. The average Bonchev–Trinajstić information content (AvgIpc) is 2.07. The summed E-state index contributed by atoms with van der Waals surface area (Å²) in [7, 11) is 0. The van der Waals surface area contributed by atoms with Gasteiger partial charge in [-0.2, -0.15) is 0 Å². The van der Waals surface area contributed by atoms with Crippen LogP contribution in [0.25, 0.3) is 0 Å². The minimum atomic E-state index is -0.989. The molecule has 1 aliphatic heterocycles. The summed E-state index contributed by atoms with van der Waals surface area (Å²) in [4.78, 5) is 11.3. The van der Waals surface area contributed by atoms with Gasteiger partial charge in [-0.1, -0.05) is 6.92 Å². The average molecular weight is 213 g/mol. The maximum absolute atomic E-state index is 11.3. The fourth-order valence-corrected chi connectivity index (χ4v) is 2.77. The third kappa shape index (κ3) is 1.47. The van der Waals surface area contributed by atoms with Gasteiger partial charge in [-0.05, 0) is 31.6 Å². The van der Waals surface area contributed by atoms with Gasteiger partial charge in [0.25, 0.3) is 0 Å².